The fourth-order valence-corrected chi connectivity index (χ4v) is 10.5. The molecule has 11 heteroatoms. The number of nitrogens with one attached hydrogen (secondary N) is 1. The van der Waals surface area contributed by atoms with Crippen molar-refractivity contribution in [1.82, 2.24) is 19.8 Å². The van der Waals surface area contributed by atoms with Gasteiger partial charge in [0.05, 0.1) is 28.8 Å². The lowest BCUT2D eigenvalue weighted by atomic mass is 9.89. The maximum Gasteiger partial charge on any atom is 0.410 e. The van der Waals surface area contributed by atoms with Gasteiger partial charge in [0, 0.05) is 44.4 Å². The summed E-state index contributed by atoms with van der Waals surface area (Å²) < 4.78 is 14.1. The second-order valence-corrected chi connectivity index (χ2v) is 21.1. The van der Waals surface area contributed by atoms with Crippen molar-refractivity contribution in [2.75, 3.05) is 13.1 Å². The summed E-state index contributed by atoms with van der Waals surface area (Å²) in [6.07, 6.45) is 1.87. The van der Waals surface area contributed by atoms with Crippen molar-refractivity contribution in [2.45, 2.75) is 112 Å². The first-order valence-corrected chi connectivity index (χ1v) is 20.6. The van der Waals surface area contributed by atoms with E-state index in [-0.39, 0.29) is 35.1 Å². The normalized spacial score (nSPS) is 20.9. The molecule has 6 heterocycles. The molecular formula is C43H51N5O4S2. The minimum atomic E-state index is -0.562. The van der Waals surface area contributed by atoms with Crippen LogP contribution in [0.1, 0.15) is 99.5 Å². The molecule has 1 N–H and O–H groups in total. The van der Waals surface area contributed by atoms with Crippen LogP contribution in [-0.4, -0.2) is 68.0 Å². The molecular weight excluding hydrogens is 715 g/mol. The van der Waals surface area contributed by atoms with E-state index in [4.69, 9.17) is 19.5 Å². The van der Waals surface area contributed by atoms with Gasteiger partial charge in [-0.25, -0.2) is 14.6 Å². The summed E-state index contributed by atoms with van der Waals surface area (Å²) in [5.74, 6) is 0.801. The van der Waals surface area contributed by atoms with Crippen molar-refractivity contribution in [2.24, 2.45) is 15.8 Å². The number of fused-ring (bicyclic) bond motifs is 3. The Labute approximate surface area is 325 Å². The number of benzene rings is 2. The number of H-pyrrole nitrogens is 1. The first-order chi connectivity index (χ1) is 25.2. The fraction of sp³-hybridized carbons (Fsp3) is 0.488. The van der Waals surface area contributed by atoms with Crippen LogP contribution in [0.5, 0.6) is 0 Å². The summed E-state index contributed by atoms with van der Waals surface area (Å²) in [5, 5.41) is 0. The number of ether oxygens (including phenoxy) is 2. The van der Waals surface area contributed by atoms with Gasteiger partial charge in [0.25, 0.3) is 0 Å². The molecule has 2 fully saturated rings. The molecule has 0 unspecified atom stereocenters. The van der Waals surface area contributed by atoms with Crippen molar-refractivity contribution in [3.05, 3.63) is 59.9 Å². The molecule has 2 amide bonds. The highest BCUT2D eigenvalue weighted by molar-refractivity contribution is 7.31. The summed E-state index contributed by atoms with van der Waals surface area (Å²) in [5.41, 5.74) is 6.28. The number of imidazole rings is 1. The Balaban J connectivity index is 0.992. The van der Waals surface area contributed by atoms with Gasteiger partial charge in [-0.05, 0) is 118 Å². The molecule has 0 aliphatic carbocycles. The SMILES string of the molecule is CC1(C)C[C@@H](C2=Nc3ccc(-c4cc5sc(-c6ccc7nc([C@@H]8CC(C)(C)CN8C(=O)OC(C)(C)C)[nH]c7c6)cc5s4)cc3C2)N(C(=O)OC(C)(C)C)C1. The zero-order valence-electron chi connectivity index (χ0n) is 33.0. The van der Waals surface area contributed by atoms with E-state index in [9.17, 15) is 9.59 Å². The lowest BCUT2D eigenvalue weighted by Crippen LogP contribution is -2.43. The minimum absolute atomic E-state index is 0.00325. The smallest absolute Gasteiger partial charge is 0.410 e. The molecule has 3 aromatic heterocycles. The van der Waals surface area contributed by atoms with E-state index in [2.05, 4.69) is 81.2 Å². The summed E-state index contributed by atoms with van der Waals surface area (Å²) in [7, 11) is 0. The second kappa shape index (κ2) is 12.7. The zero-order valence-corrected chi connectivity index (χ0v) is 34.7. The number of amides is 2. The Morgan fingerprint density at radius 1 is 0.759 bits per heavy atom. The number of hydrogen-bond donors (Lipinski definition) is 1. The molecule has 8 rings (SSSR count). The van der Waals surface area contributed by atoms with Gasteiger partial charge in [-0.1, -0.05) is 39.8 Å². The van der Waals surface area contributed by atoms with Gasteiger partial charge in [0.2, 0.25) is 0 Å². The molecule has 2 aromatic carbocycles. The molecule has 54 heavy (non-hydrogen) atoms. The van der Waals surface area contributed by atoms with E-state index in [0.717, 1.165) is 53.1 Å². The average molecular weight is 766 g/mol. The van der Waals surface area contributed by atoms with Gasteiger partial charge in [-0.2, -0.15) is 0 Å². The number of hydrogen-bond acceptors (Lipinski definition) is 8. The predicted molar refractivity (Wildman–Crippen MR) is 220 cm³/mol. The molecule has 9 nitrogen and oxygen atoms in total. The molecule has 3 aliphatic heterocycles. The van der Waals surface area contributed by atoms with Crippen molar-refractivity contribution in [3.8, 4) is 20.9 Å². The first kappa shape index (κ1) is 36.7. The number of rotatable bonds is 4. The van der Waals surface area contributed by atoms with E-state index in [1.165, 1.54) is 30.3 Å². The minimum Gasteiger partial charge on any atom is -0.444 e. The van der Waals surface area contributed by atoms with E-state index < -0.39 is 11.2 Å². The number of likely N-dealkylation sites (tertiary alicyclic amines) is 2. The van der Waals surface area contributed by atoms with Gasteiger partial charge in [-0.15, -0.1) is 22.7 Å². The van der Waals surface area contributed by atoms with Gasteiger partial charge in [0.1, 0.15) is 17.0 Å². The Hall–Kier alpha value is -4.22. The largest absolute Gasteiger partial charge is 0.444 e. The van der Waals surface area contributed by atoms with Crippen molar-refractivity contribution < 1.29 is 19.1 Å². The van der Waals surface area contributed by atoms with Gasteiger partial charge in [-0.3, -0.25) is 14.8 Å². The van der Waals surface area contributed by atoms with Gasteiger partial charge in [0.15, 0.2) is 0 Å². The third-order valence-corrected chi connectivity index (χ3v) is 12.8. The summed E-state index contributed by atoms with van der Waals surface area (Å²) in [6, 6.07) is 17.3. The van der Waals surface area contributed by atoms with Crippen LogP contribution in [0, 0.1) is 10.8 Å². The number of nitrogens with zero attached hydrogens (tertiary/aromatic N) is 4. The fourth-order valence-electron chi connectivity index (χ4n) is 8.14. The highest BCUT2D eigenvalue weighted by atomic mass is 32.1. The van der Waals surface area contributed by atoms with Crippen molar-refractivity contribution in [3.63, 3.8) is 0 Å². The van der Waals surface area contributed by atoms with Crippen LogP contribution < -0.4 is 0 Å². The molecule has 2 saturated heterocycles. The van der Waals surface area contributed by atoms with Crippen LogP contribution in [0.3, 0.4) is 0 Å². The molecule has 3 aliphatic rings. The van der Waals surface area contributed by atoms with Crippen LogP contribution in [0.15, 0.2) is 53.5 Å². The number of thiophene rings is 2. The molecule has 0 saturated carbocycles. The predicted octanol–water partition coefficient (Wildman–Crippen LogP) is 11.5. The standard InChI is InChI=1S/C43H51N5O4S2/c1-40(2,3)51-38(49)47-22-42(7,8)20-31(47)30-17-26-15-24(11-13-27(26)44-30)33-18-35-36(53-33)19-34(54-35)25-12-14-28-29(16-25)46-37(45-28)32-21-43(9,10)23-48(32)39(50)52-41(4,5)6/h11-16,18-19,31-32H,17,20-23H2,1-10H3,(H,45,46)/t31-,32-/m0/s1. The maximum atomic E-state index is 13.2. The van der Waals surface area contributed by atoms with Crippen molar-refractivity contribution >= 4 is 66.7 Å². The summed E-state index contributed by atoms with van der Waals surface area (Å²) >= 11 is 3.61. The molecule has 5 aromatic rings. The van der Waals surface area contributed by atoms with E-state index in [1.807, 2.05) is 62.7 Å². The Morgan fingerprint density at radius 3 is 1.89 bits per heavy atom. The number of aromatic nitrogens is 2. The first-order valence-electron chi connectivity index (χ1n) is 18.9. The third-order valence-electron chi connectivity index (χ3n) is 10.4. The lowest BCUT2D eigenvalue weighted by molar-refractivity contribution is 0.0205. The number of carbonyl (C=O) groups is 2. The monoisotopic (exact) mass is 765 g/mol. The van der Waals surface area contributed by atoms with Crippen LogP contribution in [-0.2, 0) is 15.9 Å². The van der Waals surface area contributed by atoms with E-state index in [1.54, 1.807) is 11.3 Å². The lowest BCUT2D eigenvalue weighted by Gasteiger charge is -2.29. The Morgan fingerprint density at radius 2 is 1.30 bits per heavy atom. The maximum absolute atomic E-state index is 13.2. The van der Waals surface area contributed by atoms with Gasteiger partial charge >= 0.3 is 12.2 Å². The number of carbonyl (C=O) groups excluding carboxylic acids is 2. The topological polar surface area (TPSA) is 100 Å². The molecule has 0 spiro atoms. The highest BCUT2D eigenvalue weighted by Gasteiger charge is 2.45. The third kappa shape index (κ3) is 7.29. The number of aromatic amines is 1. The molecule has 284 valence electrons. The molecule has 2 atom stereocenters. The van der Waals surface area contributed by atoms with Crippen molar-refractivity contribution in [1.29, 1.82) is 0 Å². The van der Waals surface area contributed by atoms with Gasteiger partial charge < -0.3 is 14.5 Å². The Kier molecular flexibility index (Phi) is 8.62. The quantitative estimate of drug-likeness (QED) is 0.196. The number of aliphatic imine (C=N–C) groups is 1. The second-order valence-electron chi connectivity index (χ2n) is 18.9. The molecule has 0 radical (unpaired) electrons. The van der Waals surface area contributed by atoms with Crippen LogP contribution >= 0.6 is 22.7 Å². The van der Waals surface area contributed by atoms with E-state index in [0.29, 0.717) is 13.1 Å². The van der Waals surface area contributed by atoms with Crippen LogP contribution in [0.25, 0.3) is 41.3 Å². The van der Waals surface area contributed by atoms with Crippen LogP contribution in [0.2, 0.25) is 0 Å². The zero-order chi connectivity index (χ0) is 38.5. The summed E-state index contributed by atoms with van der Waals surface area (Å²) in [6.45, 7) is 21.5. The average Bonchev–Trinajstić information content (AvgIpc) is 3.88. The highest BCUT2D eigenvalue weighted by Crippen LogP contribution is 2.46. The van der Waals surface area contributed by atoms with E-state index >= 15 is 0 Å². The Bertz CT molecular complexity index is 2300. The van der Waals surface area contributed by atoms with Crippen LogP contribution in [0.4, 0.5) is 15.3 Å². The molecule has 0 bridgehead atoms. The summed E-state index contributed by atoms with van der Waals surface area (Å²) in [4.78, 5) is 46.2.